The van der Waals surface area contributed by atoms with Gasteiger partial charge >= 0.3 is 13.9 Å². The Morgan fingerprint density at radius 2 is 2.27 bits per heavy atom. The normalized spacial score (nSPS) is 32.7. The number of aliphatic hydroxyl groups excluding tert-OH is 1. The average Bonchev–Trinajstić information content (AvgIpc) is 2.75. The summed E-state index contributed by atoms with van der Waals surface area (Å²) in [7, 11) is -4.68. The second-order valence-electron chi connectivity index (χ2n) is 4.66. The van der Waals surface area contributed by atoms with Crippen molar-refractivity contribution in [3.8, 4) is 0 Å². The van der Waals surface area contributed by atoms with Crippen LogP contribution in [0.2, 0.25) is 0 Å². The third kappa shape index (κ3) is 4.12. The van der Waals surface area contributed by atoms with Gasteiger partial charge in [-0.25, -0.2) is 9.36 Å². The number of amides is 2. The zero-order valence-corrected chi connectivity index (χ0v) is 12.9. The molecule has 2 heterocycles. The summed E-state index contributed by atoms with van der Waals surface area (Å²) >= 11 is 4.18. The Bertz CT molecular complexity index is 513. The second-order valence-corrected chi connectivity index (χ2v) is 6.43. The fourth-order valence-corrected chi connectivity index (χ4v) is 2.89. The summed E-state index contributed by atoms with van der Waals surface area (Å²) in [6.45, 7) is -0.520. The highest BCUT2D eigenvalue weighted by Gasteiger charge is 2.42. The molecule has 0 spiro atoms. The van der Waals surface area contributed by atoms with Gasteiger partial charge in [-0.2, -0.15) is 0 Å². The number of urea groups is 1. The van der Waals surface area contributed by atoms with Crippen LogP contribution in [0, 0.1) is 0 Å². The van der Waals surface area contributed by atoms with E-state index in [2.05, 4.69) is 22.5 Å². The van der Waals surface area contributed by atoms with Crippen LogP contribution in [0.5, 0.6) is 0 Å². The van der Waals surface area contributed by atoms with Gasteiger partial charge in [0, 0.05) is 6.42 Å². The molecule has 22 heavy (non-hydrogen) atoms. The fourth-order valence-electron chi connectivity index (χ4n) is 2.14. The second kappa shape index (κ2) is 6.72. The monoisotopic (exact) mass is 357 g/mol. The van der Waals surface area contributed by atoms with Crippen LogP contribution >= 0.6 is 20.5 Å². The van der Waals surface area contributed by atoms with Gasteiger partial charge in [-0.3, -0.25) is 25.4 Å². The molecule has 0 saturated carbocycles. The van der Waals surface area contributed by atoms with E-state index in [1.165, 1.54) is 11.0 Å². The summed E-state index contributed by atoms with van der Waals surface area (Å²) < 4.78 is 20.4. The molecule has 0 aliphatic carbocycles. The van der Waals surface area contributed by atoms with Crippen LogP contribution in [-0.2, 0) is 13.8 Å². The summed E-state index contributed by atoms with van der Waals surface area (Å²) in [5.41, 5.74) is 1.79. The highest BCUT2D eigenvalue weighted by atomic mass is 32.1. The first kappa shape index (κ1) is 17.5. The van der Waals surface area contributed by atoms with Gasteiger partial charge in [-0.1, -0.05) is 0 Å². The van der Waals surface area contributed by atoms with Gasteiger partial charge in [-0.05, 0) is 6.08 Å². The first-order valence-corrected chi connectivity index (χ1v) is 8.19. The highest BCUT2D eigenvalue weighted by molar-refractivity contribution is 7.81. The molecular weight excluding hydrogens is 341 g/mol. The van der Waals surface area contributed by atoms with Crippen LogP contribution in [0.3, 0.4) is 0 Å². The van der Waals surface area contributed by atoms with Crippen molar-refractivity contribution in [2.45, 2.75) is 30.2 Å². The van der Waals surface area contributed by atoms with Crippen molar-refractivity contribution in [2.24, 2.45) is 0 Å². The Kier molecular flexibility index (Phi) is 5.35. The van der Waals surface area contributed by atoms with Crippen molar-refractivity contribution < 1.29 is 38.7 Å². The van der Waals surface area contributed by atoms with Crippen molar-refractivity contribution in [1.29, 1.82) is 0 Å². The molecule has 0 unspecified atom stereocenters. The SMILES string of the molecule is O=C1NC(NO)=C[C@H](S)N1[C@H]1C[C@H](O)[C@@H](COP(=O)(O)O)O1. The van der Waals surface area contributed by atoms with E-state index in [1.807, 2.05) is 0 Å². The molecule has 0 aromatic heterocycles. The number of carbonyl (C=O) groups is 1. The van der Waals surface area contributed by atoms with Crippen molar-refractivity contribution in [3.05, 3.63) is 11.9 Å². The van der Waals surface area contributed by atoms with Crippen LogP contribution in [0.15, 0.2) is 11.9 Å². The number of aliphatic hydroxyl groups is 1. The van der Waals surface area contributed by atoms with Crippen LogP contribution in [0.4, 0.5) is 4.79 Å². The van der Waals surface area contributed by atoms with E-state index in [0.717, 1.165) is 0 Å². The lowest BCUT2D eigenvalue weighted by Gasteiger charge is -2.35. The highest BCUT2D eigenvalue weighted by Crippen LogP contribution is 2.37. The minimum Gasteiger partial charge on any atom is -0.390 e. The Hall–Kier alpha value is -0.850. The third-order valence-electron chi connectivity index (χ3n) is 3.12. The molecule has 0 aromatic carbocycles. The number of phosphoric acid groups is 1. The van der Waals surface area contributed by atoms with Crippen LogP contribution < -0.4 is 10.8 Å². The largest absolute Gasteiger partial charge is 0.469 e. The van der Waals surface area contributed by atoms with Crippen molar-refractivity contribution in [2.75, 3.05) is 6.61 Å². The van der Waals surface area contributed by atoms with Crippen molar-refractivity contribution in [1.82, 2.24) is 15.7 Å². The molecule has 1 saturated heterocycles. The first-order valence-electron chi connectivity index (χ1n) is 6.14. The molecule has 11 nitrogen and oxygen atoms in total. The van der Waals surface area contributed by atoms with Crippen LogP contribution in [0.1, 0.15) is 6.42 Å². The molecule has 2 rings (SSSR count). The minimum absolute atomic E-state index is 0.0232. The van der Waals surface area contributed by atoms with E-state index in [4.69, 9.17) is 19.7 Å². The number of nitrogens with one attached hydrogen (secondary N) is 2. The van der Waals surface area contributed by atoms with E-state index in [9.17, 15) is 14.5 Å². The number of hydroxylamine groups is 1. The van der Waals surface area contributed by atoms with E-state index in [0.29, 0.717) is 0 Å². The maximum atomic E-state index is 11.9. The van der Waals surface area contributed by atoms with Gasteiger partial charge in [-0.15, -0.1) is 12.6 Å². The lowest BCUT2D eigenvalue weighted by molar-refractivity contribution is -0.0639. The van der Waals surface area contributed by atoms with E-state index < -0.39 is 44.3 Å². The molecule has 6 N–H and O–H groups in total. The van der Waals surface area contributed by atoms with E-state index in [-0.39, 0.29) is 12.2 Å². The Labute approximate surface area is 130 Å². The van der Waals surface area contributed by atoms with Gasteiger partial charge in [0.2, 0.25) is 0 Å². The number of hydrogen-bond donors (Lipinski definition) is 7. The van der Waals surface area contributed by atoms with E-state index >= 15 is 0 Å². The molecular formula is C9H16N3O8PS. The molecule has 2 amide bonds. The Balaban J connectivity index is 2.01. The predicted molar refractivity (Wildman–Crippen MR) is 73.4 cm³/mol. The van der Waals surface area contributed by atoms with Gasteiger partial charge in [0.15, 0.2) is 0 Å². The van der Waals surface area contributed by atoms with E-state index in [1.54, 1.807) is 5.48 Å². The van der Waals surface area contributed by atoms with Gasteiger partial charge in [0.05, 0.1) is 12.7 Å². The van der Waals surface area contributed by atoms with Crippen LogP contribution in [-0.4, -0.2) is 61.4 Å². The molecule has 0 radical (unpaired) electrons. The quantitative estimate of drug-likeness (QED) is 0.180. The van der Waals surface area contributed by atoms with Crippen LogP contribution in [0.25, 0.3) is 0 Å². The topological polar surface area (TPSA) is 161 Å². The number of hydrogen-bond acceptors (Lipinski definition) is 8. The predicted octanol–water partition coefficient (Wildman–Crippen LogP) is -1.33. The summed E-state index contributed by atoms with van der Waals surface area (Å²) in [5.74, 6) is 0.0566. The molecule has 126 valence electrons. The maximum Gasteiger partial charge on any atom is 0.469 e. The first-order chi connectivity index (χ1) is 10.2. The van der Waals surface area contributed by atoms with Gasteiger partial charge in [0.25, 0.3) is 0 Å². The third-order valence-corrected chi connectivity index (χ3v) is 4.00. The lowest BCUT2D eigenvalue weighted by Crippen LogP contribution is -2.54. The smallest absolute Gasteiger partial charge is 0.390 e. The summed E-state index contributed by atoms with van der Waals surface area (Å²) in [4.78, 5) is 30.4. The molecule has 0 bridgehead atoms. The number of ether oxygens (including phenoxy) is 1. The lowest BCUT2D eigenvalue weighted by atomic mass is 10.2. The molecule has 13 heteroatoms. The summed E-state index contributed by atoms with van der Waals surface area (Å²) in [6, 6.07) is -0.618. The maximum absolute atomic E-state index is 11.9. The van der Waals surface area contributed by atoms with Gasteiger partial charge < -0.3 is 19.6 Å². The average molecular weight is 357 g/mol. The number of carbonyl (C=O) groups excluding carboxylic acids is 1. The zero-order chi connectivity index (χ0) is 16.5. The fraction of sp³-hybridized carbons (Fsp3) is 0.667. The molecule has 2 aliphatic heterocycles. The van der Waals surface area contributed by atoms with Gasteiger partial charge in [0.1, 0.15) is 23.5 Å². The number of phosphoric ester groups is 1. The number of rotatable bonds is 5. The molecule has 4 atom stereocenters. The molecule has 1 fully saturated rings. The number of nitrogens with zero attached hydrogens (tertiary/aromatic N) is 1. The number of thiol groups is 1. The van der Waals surface area contributed by atoms with Crippen molar-refractivity contribution >= 4 is 26.5 Å². The summed E-state index contributed by atoms with van der Waals surface area (Å²) in [5, 5.41) is 20.2. The standard InChI is InChI=1S/C9H16N3O8PS/c13-4-1-7(20-5(4)3-19-21(16,17)18)12-8(22)2-6(11-15)10-9(12)14/h2,4-5,7-8,11,13,15,22H,1,3H2,(H,10,14)(H2,16,17,18)/t4-,5+,7+,8-/m0/s1. The van der Waals surface area contributed by atoms with Crippen molar-refractivity contribution in [3.63, 3.8) is 0 Å². The molecule has 0 aromatic rings. The minimum atomic E-state index is -4.68. The Morgan fingerprint density at radius 3 is 2.82 bits per heavy atom. The zero-order valence-electron chi connectivity index (χ0n) is 11.1. The Morgan fingerprint density at radius 1 is 1.59 bits per heavy atom. The summed E-state index contributed by atoms with van der Waals surface area (Å²) in [6.07, 6.45) is -1.49. The molecule has 2 aliphatic rings.